The summed E-state index contributed by atoms with van der Waals surface area (Å²) in [4.78, 5) is 13.1. The van der Waals surface area contributed by atoms with E-state index in [4.69, 9.17) is 16.3 Å². The van der Waals surface area contributed by atoms with Crippen LogP contribution < -0.4 is 10.1 Å². The van der Waals surface area contributed by atoms with Crippen molar-refractivity contribution in [3.8, 4) is 11.4 Å². The molecule has 136 valence electrons. The number of aromatic nitrogens is 4. The molecule has 0 spiro atoms. The van der Waals surface area contributed by atoms with Gasteiger partial charge in [-0.25, -0.2) is 13.2 Å². The molecule has 1 aromatic heterocycles. The molecule has 1 amide bonds. The van der Waals surface area contributed by atoms with Crippen molar-refractivity contribution in [2.75, 3.05) is 11.9 Å². The smallest absolute Gasteiger partial charge is 0.265 e. The molecule has 7 nitrogen and oxygen atoms in total. The number of hydrogen-bond donors (Lipinski definition) is 2. The Hall–Kier alpha value is -3.01. The van der Waals surface area contributed by atoms with Gasteiger partial charge < -0.3 is 10.1 Å². The summed E-state index contributed by atoms with van der Waals surface area (Å²) in [5, 5.41) is 11.7. The van der Waals surface area contributed by atoms with Crippen LogP contribution in [0.3, 0.4) is 0 Å². The van der Waals surface area contributed by atoms with Crippen molar-refractivity contribution in [3.63, 3.8) is 0 Å². The average Bonchev–Trinajstić information content (AvgIpc) is 2.54. The van der Waals surface area contributed by atoms with E-state index in [1.165, 1.54) is 29.1 Å². The van der Waals surface area contributed by atoms with Gasteiger partial charge in [-0.15, -0.1) is 4.80 Å². The highest BCUT2D eigenvalue weighted by atomic mass is 35.5. The van der Waals surface area contributed by atoms with Crippen LogP contribution in [-0.4, -0.2) is 33.0 Å². The van der Waals surface area contributed by atoms with Crippen LogP contribution in [0, 0.1) is 5.82 Å². The van der Waals surface area contributed by atoms with Crippen molar-refractivity contribution >= 4 is 23.2 Å². The average molecular weight is 386 g/mol. The van der Waals surface area contributed by atoms with Gasteiger partial charge in [0.15, 0.2) is 18.2 Å². The van der Waals surface area contributed by atoms with Crippen LogP contribution in [-0.2, 0) is 4.79 Å². The third-order valence-corrected chi connectivity index (χ3v) is 3.65. The Balaban J connectivity index is 1.60. The number of nitrogens with zero attached hydrogens (tertiary/aromatic N) is 3. The lowest BCUT2D eigenvalue weighted by Gasteiger charge is -2.11. The number of rotatable bonds is 6. The summed E-state index contributed by atoms with van der Waals surface area (Å²) < 4.78 is 44.6. The Kier molecular flexibility index (Phi) is 5.12. The molecule has 0 bridgehead atoms. The number of nitrogens with one attached hydrogen (secondary N) is 2. The van der Waals surface area contributed by atoms with Gasteiger partial charge in [0.05, 0.1) is 5.69 Å². The van der Waals surface area contributed by atoms with Crippen LogP contribution in [0.15, 0.2) is 36.4 Å². The molecule has 1 heterocycles. The van der Waals surface area contributed by atoms with E-state index in [-0.39, 0.29) is 16.5 Å². The minimum Gasteiger partial charge on any atom is -0.481 e. The van der Waals surface area contributed by atoms with Gasteiger partial charge in [-0.2, -0.15) is 5.21 Å². The van der Waals surface area contributed by atoms with E-state index in [2.05, 4.69) is 21.0 Å². The van der Waals surface area contributed by atoms with Crippen molar-refractivity contribution in [2.24, 2.45) is 0 Å². The minimum absolute atomic E-state index is 0.104. The van der Waals surface area contributed by atoms with Crippen molar-refractivity contribution in [1.82, 2.24) is 20.4 Å². The van der Waals surface area contributed by atoms with E-state index >= 15 is 0 Å². The van der Waals surface area contributed by atoms with Crippen molar-refractivity contribution < 1.29 is 22.7 Å². The number of ether oxygens (including phenoxy) is 1. The molecule has 3 rings (SSSR count). The largest absolute Gasteiger partial charge is 0.481 e. The van der Waals surface area contributed by atoms with Crippen molar-refractivity contribution in [1.29, 1.82) is 0 Å². The summed E-state index contributed by atoms with van der Waals surface area (Å²) in [5.41, 5.74) is 0.127. The fourth-order valence-electron chi connectivity index (χ4n) is 2.07. The molecule has 0 saturated carbocycles. The summed E-state index contributed by atoms with van der Waals surface area (Å²) in [6.45, 7) is -0.509. The number of aromatic amines is 1. The second-order valence-electron chi connectivity index (χ2n) is 5.09. The van der Waals surface area contributed by atoms with E-state index in [1.807, 2.05) is 0 Å². The highest BCUT2D eigenvalue weighted by Crippen LogP contribution is 2.29. The van der Waals surface area contributed by atoms with E-state index in [0.29, 0.717) is 5.69 Å². The molecule has 2 N–H and O–H groups in total. The van der Waals surface area contributed by atoms with Gasteiger partial charge >= 0.3 is 0 Å². The Bertz CT molecular complexity index is 919. The SMILES string of the molecule is O=C(COc1ccc(-n2nn[nH]2)cc1F)Nc1ccc(Cl)c(C(F)F)c1. The number of H-pyrrole nitrogens is 1. The lowest BCUT2D eigenvalue weighted by Crippen LogP contribution is -2.20. The Morgan fingerprint density at radius 1 is 1.31 bits per heavy atom. The molecule has 0 radical (unpaired) electrons. The van der Waals surface area contributed by atoms with Crippen LogP contribution in [0.1, 0.15) is 12.0 Å². The number of halogens is 4. The molecule has 0 unspecified atom stereocenters. The van der Waals surface area contributed by atoms with Gasteiger partial charge in [0.1, 0.15) is 0 Å². The zero-order valence-electron chi connectivity index (χ0n) is 12.9. The summed E-state index contributed by atoms with van der Waals surface area (Å²) in [6, 6.07) is 7.66. The zero-order chi connectivity index (χ0) is 18.7. The monoisotopic (exact) mass is 385 g/mol. The van der Waals surface area contributed by atoms with Crippen LogP contribution in [0.25, 0.3) is 5.69 Å². The fourth-order valence-corrected chi connectivity index (χ4v) is 2.27. The number of benzene rings is 2. The second-order valence-corrected chi connectivity index (χ2v) is 5.50. The predicted molar refractivity (Wildman–Crippen MR) is 86.2 cm³/mol. The van der Waals surface area contributed by atoms with E-state index in [9.17, 15) is 18.0 Å². The molecular weight excluding hydrogens is 375 g/mol. The summed E-state index contributed by atoms with van der Waals surface area (Å²) >= 11 is 5.66. The Labute approximate surface area is 149 Å². The number of carbonyl (C=O) groups is 1. The summed E-state index contributed by atoms with van der Waals surface area (Å²) in [6.07, 6.45) is -2.77. The maximum atomic E-state index is 14.0. The van der Waals surface area contributed by atoms with Crippen LogP contribution in [0.2, 0.25) is 5.02 Å². The van der Waals surface area contributed by atoms with E-state index < -0.39 is 30.3 Å². The van der Waals surface area contributed by atoms with Gasteiger partial charge in [0.25, 0.3) is 12.3 Å². The molecular formula is C15H11ClF3N5O2. The number of hydrogen-bond acceptors (Lipinski definition) is 4. The molecule has 0 fully saturated rings. The second kappa shape index (κ2) is 7.48. The van der Waals surface area contributed by atoms with Crippen LogP contribution >= 0.6 is 11.6 Å². The number of carbonyl (C=O) groups excluding carboxylic acids is 1. The zero-order valence-corrected chi connectivity index (χ0v) is 13.7. The van der Waals surface area contributed by atoms with Gasteiger partial charge in [-0.05, 0) is 40.8 Å². The Morgan fingerprint density at radius 2 is 2.08 bits per heavy atom. The van der Waals surface area contributed by atoms with Gasteiger partial charge in [0, 0.05) is 22.3 Å². The van der Waals surface area contributed by atoms with Gasteiger partial charge in [-0.3, -0.25) is 4.79 Å². The number of amides is 1. The number of alkyl halides is 2. The highest BCUT2D eigenvalue weighted by Gasteiger charge is 2.14. The molecule has 11 heteroatoms. The van der Waals surface area contributed by atoms with Crippen LogP contribution in [0.5, 0.6) is 5.75 Å². The van der Waals surface area contributed by atoms with Crippen molar-refractivity contribution in [3.05, 3.63) is 52.8 Å². The first kappa shape index (κ1) is 17.8. The minimum atomic E-state index is -2.77. The first-order chi connectivity index (χ1) is 12.4. The number of anilines is 1. The highest BCUT2D eigenvalue weighted by molar-refractivity contribution is 6.31. The summed E-state index contributed by atoms with van der Waals surface area (Å²) in [7, 11) is 0. The van der Waals surface area contributed by atoms with Gasteiger partial charge in [-0.1, -0.05) is 11.6 Å². The predicted octanol–water partition coefficient (Wildman–Crippen LogP) is 3.34. The van der Waals surface area contributed by atoms with E-state index in [1.54, 1.807) is 0 Å². The first-order valence-electron chi connectivity index (χ1n) is 7.20. The standard InChI is InChI=1S/C15H11ClF3N5O2/c16-11-3-1-8(5-10(11)15(18)19)20-14(25)7-26-13-4-2-9(6-12(13)17)24-22-21-23-24/h1-6,15H,7H2,(H,20,25)(H,22,23). The molecule has 0 aliphatic heterocycles. The van der Waals surface area contributed by atoms with Crippen LogP contribution in [0.4, 0.5) is 18.9 Å². The fraction of sp³-hybridized carbons (Fsp3) is 0.133. The maximum absolute atomic E-state index is 14.0. The van der Waals surface area contributed by atoms with Gasteiger partial charge in [0.2, 0.25) is 0 Å². The lowest BCUT2D eigenvalue weighted by molar-refractivity contribution is -0.118. The molecule has 0 aliphatic rings. The maximum Gasteiger partial charge on any atom is 0.265 e. The molecule has 26 heavy (non-hydrogen) atoms. The molecule has 0 saturated heterocycles. The first-order valence-corrected chi connectivity index (χ1v) is 7.58. The normalized spacial score (nSPS) is 11.0. The quantitative estimate of drug-likeness (QED) is 0.681. The third kappa shape index (κ3) is 3.97. The lowest BCUT2D eigenvalue weighted by atomic mass is 10.2. The summed E-state index contributed by atoms with van der Waals surface area (Å²) in [5.74, 6) is -1.49. The molecule has 0 atom stereocenters. The van der Waals surface area contributed by atoms with E-state index in [0.717, 1.165) is 12.1 Å². The Morgan fingerprint density at radius 3 is 2.69 bits per heavy atom. The van der Waals surface area contributed by atoms with Crippen molar-refractivity contribution in [2.45, 2.75) is 6.43 Å². The molecule has 0 aliphatic carbocycles. The third-order valence-electron chi connectivity index (χ3n) is 3.31. The topological polar surface area (TPSA) is 84.8 Å². The molecule has 3 aromatic rings. The molecule has 2 aromatic carbocycles.